The number of nitrogens with zero attached hydrogens (tertiary/aromatic N) is 2. The van der Waals surface area contributed by atoms with Crippen LogP contribution < -0.4 is 5.11 Å². The van der Waals surface area contributed by atoms with Gasteiger partial charge in [0.2, 0.25) is 0 Å². The van der Waals surface area contributed by atoms with Crippen molar-refractivity contribution in [1.82, 2.24) is 9.78 Å². The number of aromatic nitrogens is 2. The molecule has 2 atom stereocenters. The van der Waals surface area contributed by atoms with Crippen molar-refractivity contribution < 1.29 is 24.5 Å². The Kier molecular flexibility index (Phi) is 6.59. The van der Waals surface area contributed by atoms with E-state index in [2.05, 4.69) is 0 Å². The molecule has 3 rings (SSSR count). The topological polar surface area (TPSA) is 98.4 Å². The lowest BCUT2D eigenvalue weighted by molar-refractivity contribution is -0.307. The zero-order valence-electron chi connectivity index (χ0n) is 15.6. The number of carbonyl (C=O) groups is 1. The summed E-state index contributed by atoms with van der Waals surface area (Å²) in [6.07, 6.45) is 5.47. The minimum atomic E-state index is -1.36. The highest BCUT2D eigenvalue weighted by Gasteiger charge is 2.19. The molecule has 6 nitrogen and oxygen atoms in total. The summed E-state index contributed by atoms with van der Waals surface area (Å²) < 4.78 is 15.0. The lowest BCUT2D eigenvalue weighted by atomic mass is 10.1. The number of hydrogen-bond donors (Lipinski definition) is 2. The molecular formula is C21H24FN2O4-. The first-order valence-corrected chi connectivity index (χ1v) is 9.55. The van der Waals surface area contributed by atoms with Gasteiger partial charge in [0, 0.05) is 24.4 Å². The fourth-order valence-corrected chi connectivity index (χ4v) is 3.54. The first-order chi connectivity index (χ1) is 13.4. The van der Waals surface area contributed by atoms with E-state index in [-0.39, 0.29) is 12.2 Å². The molecule has 0 saturated heterocycles. The number of aliphatic hydroxyl groups is 2. The van der Waals surface area contributed by atoms with Crippen LogP contribution in [0.2, 0.25) is 0 Å². The number of benzene rings is 1. The molecule has 0 saturated carbocycles. The predicted molar refractivity (Wildman–Crippen MR) is 100 cm³/mol. The van der Waals surface area contributed by atoms with E-state index in [1.54, 1.807) is 22.9 Å². The zero-order chi connectivity index (χ0) is 20.1. The largest absolute Gasteiger partial charge is 0.550 e. The van der Waals surface area contributed by atoms with Gasteiger partial charge in [-0.15, -0.1) is 0 Å². The van der Waals surface area contributed by atoms with Crippen LogP contribution in [0, 0.1) is 5.82 Å². The Balaban J connectivity index is 1.88. The first-order valence-electron chi connectivity index (χ1n) is 9.55. The van der Waals surface area contributed by atoms with Crippen molar-refractivity contribution in [3.8, 4) is 5.69 Å². The zero-order valence-corrected chi connectivity index (χ0v) is 15.6. The smallest absolute Gasteiger partial charge is 0.123 e. The summed E-state index contributed by atoms with van der Waals surface area (Å²) in [5.74, 6) is -1.68. The molecule has 1 aromatic heterocycles. The Labute approximate surface area is 162 Å². The second-order valence-corrected chi connectivity index (χ2v) is 7.15. The SMILES string of the molecule is O=C([O-])C[C@H](O)C[C@H](O)/C=C/c1c2c(nn1-c1ccc(F)cc1)CCCCC2. The molecule has 1 aliphatic carbocycles. The summed E-state index contributed by atoms with van der Waals surface area (Å²) in [5.41, 5.74) is 3.66. The quantitative estimate of drug-likeness (QED) is 0.703. The van der Waals surface area contributed by atoms with E-state index < -0.39 is 24.6 Å². The van der Waals surface area contributed by atoms with Crippen molar-refractivity contribution >= 4 is 12.0 Å². The van der Waals surface area contributed by atoms with Gasteiger partial charge in [0.15, 0.2) is 0 Å². The third-order valence-electron chi connectivity index (χ3n) is 4.91. The molecule has 0 aliphatic heterocycles. The molecule has 0 spiro atoms. The number of aliphatic carboxylic acids is 1. The van der Waals surface area contributed by atoms with Crippen molar-refractivity contribution in [3.63, 3.8) is 0 Å². The first kappa shape index (κ1) is 20.2. The molecule has 0 fully saturated rings. The van der Waals surface area contributed by atoms with Crippen LogP contribution >= 0.6 is 0 Å². The number of halogens is 1. The number of carboxylic acids is 1. The van der Waals surface area contributed by atoms with Gasteiger partial charge in [0.1, 0.15) is 5.82 Å². The van der Waals surface area contributed by atoms with Crippen LogP contribution in [0.15, 0.2) is 30.3 Å². The molecule has 0 unspecified atom stereocenters. The van der Waals surface area contributed by atoms with Gasteiger partial charge in [-0.05, 0) is 56.0 Å². The summed E-state index contributed by atoms with van der Waals surface area (Å²) in [7, 11) is 0. The van der Waals surface area contributed by atoms with E-state index >= 15 is 0 Å². The van der Waals surface area contributed by atoms with Crippen molar-refractivity contribution in [3.05, 3.63) is 53.1 Å². The average molecular weight is 387 g/mol. The van der Waals surface area contributed by atoms with Crippen LogP contribution in [0.3, 0.4) is 0 Å². The van der Waals surface area contributed by atoms with Gasteiger partial charge in [0.25, 0.3) is 0 Å². The standard InChI is InChI=1S/C21H25FN2O4/c22-14-6-8-15(9-7-14)24-20(18-4-2-1-3-5-19(18)23-24)11-10-16(25)12-17(26)13-21(27)28/h6-11,16-17,25-26H,1-5,12-13H2,(H,27,28)/p-1/b11-10+/t16-,17-/m1/s1. The van der Waals surface area contributed by atoms with E-state index in [0.29, 0.717) is 0 Å². The van der Waals surface area contributed by atoms with Gasteiger partial charge in [0.05, 0.1) is 29.3 Å². The number of carboxylic acid groups (broad SMARTS) is 1. The normalized spacial score (nSPS) is 16.5. The van der Waals surface area contributed by atoms with Gasteiger partial charge in [-0.2, -0.15) is 5.10 Å². The van der Waals surface area contributed by atoms with Crippen LogP contribution in [0.5, 0.6) is 0 Å². The molecule has 0 bridgehead atoms. The number of aliphatic hydroxyl groups excluding tert-OH is 2. The second-order valence-electron chi connectivity index (χ2n) is 7.15. The maximum Gasteiger partial charge on any atom is 0.123 e. The fraction of sp³-hybridized carbons (Fsp3) is 0.429. The minimum Gasteiger partial charge on any atom is -0.550 e. The molecule has 150 valence electrons. The molecule has 2 aromatic rings. The highest BCUT2D eigenvalue weighted by Crippen LogP contribution is 2.27. The molecular weight excluding hydrogens is 363 g/mol. The monoisotopic (exact) mass is 387 g/mol. The number of rotatable bonds is 7. The lowest BCUT2D eigenvalue weighted by Gasteiger charge is -2.13. The summed E-state index contributed by atoms with van der Waals surface area (Å²) in [4.78, 5) is 10.5. The van der Waals surface area contributed by atoms with Crippen LogP contribution in [0.25, 0.3) is 11.8 Å². The molecule has 1 aliphatic rings. The van der Waals surface area contributed by atoms with E-state index in [4.69, 9.17) is 5.10 Å². The maximum atomic E-state index is 13.3. The van der Waals surface area contributed by atoms with Crippen LogP contribution in [0.4, 0.5) is 4.39 Å². The highest BCUT2D eigenvalue weighted by molar-refractivity contribution is 5.64. The summed E-state index contributed by atoms with van der Waals surface area (Å²) in [5, 5.41) is 35.1. The van der Waals surface area contributed by atoms with Crippen LogP contribution in [-0.4, -0.2) is 38.2 Å². The van der Waals surface area contributed by atoms with E-state index in [1.165, 1.54) is 18.2 Å². The highest BCUT2D eigenvalue weighted by atomic mass is 19.1. The van der Waals surface area contributed by atoms with E-state index in [1.807, 2.05) is 0 Å². The Morgan fingerprint density at radius 2 is 1.93 bits per heavy atom. The van der Waals surface area contributed by atoms with Gasteiger partial charge in [-0.1, -0.05) is 12.5 Å². The van der Waals surface area contributed by atoms with Crippen LogP contribution in [0.1, 0.15) is 49.1 Å². The third kappa shape index (κ3) is 5.05. The minimum absolute atomic E-state index is 0.0998. The Morgan fingerprint density at radius 3 is 2.64 bits per heavy atom. The molecule has 7 heteroatoms. The molecule has 1 heterocycles. The Morgan fingerprint density at radius 1 is 1.21 bits per heavy atom. The Hall–Kier alpha value is -2.51. The number of hydrogen-bond acceptors (Lipinski definition) is 5. The molecule has 0 radical (unpaired) electrons. The van der Waals surface area contributed by atoms with Gasteiger partial charge in [-0.25, -0.2) is 9.07 Å². The number of fused-ring (bicyclic) bond motifs is 1. The molecule has 28 heavy (non-hydrogen) atoms. The summed E-state index contributed by atoms with van der Waals surface area (Å²) >= 11 is 0. The van der Waals surface area contributed by atoms with Gasteiger partial charge < -0.3 is 20.1 Å². The van der Waals surface area contributed by atoms with Gasteiger partial charge >= 0.3 is 0 Å². The number of carbonyl (C=O) groups excluding carboxylic acids is 1. The average Bonchev–Trinajstić information content (AvgIpc) is 2.81. The van der Waals surface area contributed by atoms with Crippen molar-refractivity contribution in [1.29, 1.82) is 0 Å². The van der Waals surface area contributed by atoms with E-state index in [9.17, 15) is 24.5 Å². The number of aryl methyl sites for hydroxylation is 1. The van der Waals surface area contributed by atoms with Crippen molar-refractivity contribution in [2.45, 2.75) is 57.2 Å². The fourth-order valence-electron chi connectivity index (χ4n) is 3.54. The summed E-state index contributed by atoms with van der Waals surface area (Å²) in [6, 6.07) is 6.06. The molecule has 1 aromatic carbocycles. The lowest BCUT2D eigenvalue weighted by Crippen LogP contribution is -2.29. The molecule has 0 amide bonds. The maximum absolute atomic E-state index is 13.3. The summed E-state index contributed by atoms with van der Waals surface area (Å²) in [6.45, 7) is 0. The van der Waals surface area contributed by atoms with Crippen LogP contribution in [-0.2, 0) is 17.6 Å². The second kappa shape index (κ2) is 9.12. The van der Waals surface area contributed by atoms with Gasteiger partial charge in [-0.3, -0.25) is 0 Å². The third-order valence-corrected chi connectivity index (χ3v) is 4.91. The van der Waals surface area contributed by atoms with E-state index in [0.717, 1.165) is 54.7 Å². The van der Waals surface area contributed by atoms with Crippen molar-refractivity contribution in [2.24, 2.45) is 0 Å². The van der Waals surface area contributed by atoms with Crippen molar-refractivity contribution in [2.75, 3.05) is 0 Å². The Bertz CT molecular complexity index is 845. The molecule has 2 N–H and O–H groups in total. The predicted octanol–water partition coefficient (Wildman–Crippen LogP) is 1.55.